The zero-order valence-corrected chi connectivity index (χ0v) is 11.7. The Morgan fingerprint density at radius 2 is 1.65 bits per heavy atom. The zero-order chi connectivity index (χ0) is 14.0. The second kappa shape index (κ2) is 5.17. The van der Waals surface area contributed by atoms with Crippen LogP contribution >= 0.6 is 11.6 Å². The van der Waals surface area contributed by atoms with Crippen molar-refractivity contribution in [1.29, 1.82) is 0 Å². The summed E-state index contributed by atoms with van der Waals surface area (Å²) >= 11 is 5.90. The Kier molecular flexibility index (Phi) is 3.36. The summed E-state index contributed by atoms with van der Waals surface area (Å²) in [4.78, 5) is 12.1. The van der Waals surface area contributed by atoms with Crippen molar-refractivity contribution >= 4 is 23.3 Å². The first-order valence-corrected chi connectivity index (χ1v) is 6.96. The largest absolute Gasteiger partial charge is 0.328 e. The van der Waals surface area contributed by atoms with Gasteiger partial charge in [-0.2, -0.15) is 0 Å². The van der Waals surface area contributed by atoms with Crippen molar-refractivity contribution in [2.24, 2.45) is 0 Å². The number of carbonyl (C=O) groups is 1. The number of hydrogen-bond acceptors (Lipinski definition) is 1. The summed E-state index contributed by atoms with van der Waals surface area (Å²) in [5.41, 5.74) is 1.66. The number of urea groups is 1. The quantitative estimate of drug-likeness (QED) is 0.874. The van der Waals surface area contributed by atoms with Gasteiger partial charge in [0.1, 0.15) is 0 Å². The molecule has 2 aromatic carbocycles. The molecule has 2 N–H and O–H groups in total. The molecule has 0 heterocycles. The Balaban J connectivity index is 1.68. The molecule has 2 aromatic rings. The highest BCUT2D eigenvalue weighted by atomic mass is 35.5. The molecule has 0 aromatic heterocycles. The monoisotopic (exact) mass is 286 g/mol. The maximum atomic E-state index is 12.1. The van der Waals surface area contributed by atoms with Crippen LogP contribution < -0.4 is 10.6 Å². The fraction of sp³-hybridized carbons (Fsp3) is 0.188. The number of rotatable bonds is 3. The highest BCUT2D eigenvalue weighted by Gasteiger charge is 2.45. The summed E-state index contributed by atoms with van der Waals surface area (Å²) in [5, 5.41) is 6.61. The zero-order valence-electron chi connectivity index (χ0n) is 10.9. The van der Waals surface area contributed by atoms with Gasteiger partial charge in [-0.15, -0.1) is 0 Å². The molecule has 1 saturated carbocycles. The maximum absolute atomic E-state index is 12.1. The van der Waals surface area contributed by atoms with Gasteiger partial charge >= 0.3 is 6.03 Å². The van der Waals surface area contributed by atoms with Crippen molar-refractivity contribution in [3.8, 4) is 0 Å². The molecule has 0 unspecified atom stereocenters. The number of nitrogens with one attached hydrogen (secondary N) is 2. The molecule has 0 spiro atoms. The van der Waals surface area contributed by atoms with Crippen LogP contribution in [-0.2, 0) is 5.54 Å². The van der Waals surface area contributed by atoms with Crippen LogP contribution in [0.3, 0.4) is 0 Å². The topological polar surface area (TPSA) is 41.1 Å². The van der Waals surface area contributed by atoms with E-state index < -0.39 is 0 Å². The van der Waals surface area contributed by atoms with Gasteiger partial charge in [0.2, 0.25) is 0 Å². The standard InChI is InChI=1S/C16H15ClN2O/c17-13-8-6-12(7-9-13)16(10-11-16)19-15(20)18-14-4-2-1-3-5-14/h1-9H,10-11H2,(H2,18,19,20). The first kappa shape index (κ1) is 13.0. The molecule has 4 heteroatoms. The van der Waals surface area contributed by atoms with Crippen LogP contribution in [0.2, 0.25) is 5.02 Å². The molecule has 20 heavy (non-hydrogen) atoms. The molecule has 0 aliphatic heterocycles. The van der Waals surface area contributed by atoms with E-state index in [4.69, 9.17) is 11.6 Å². The molecule has 102 valence electrons. The molecule has 2 amide bonds. The van der Waals surface area contributed by atoms with E-state index in [1.807, 2.05) is 54.6 Å². The van der Waals surface area contributed by atoms with Crippen molar-refractivity contribution in [2.75, 3.05) is 5.32 Å². The first-order chi connectivity index (χ1) is 9.68. The lowest BCUT2D eigenvalue weighted by Crippen LogP contribution is -2.38. The smallest absolute Gasteiger partial charge is 0.319 e. The van der Waals surface area contributed by atoms with Crippen molar-refractivity contribution in [3.05, 3.63) is 65.2 Å². The fourth-order valence-corrected chi connectivity index (χ4v) is 2.41. The Morgan fingerprint density at radius 1 is 1.00 bits per heavy atom. The summed E-state index contributed by atoms with van der Waals surface area (Å²) in [5.74, 6) is 0. The van der Waals surface area contributed by atoms with Crippen LogP contribution in [0.1, 0.15) is 18.4 Å². The van der Waals surface area contributed by atoms with Crippen molar-refractivity contribution in [3.63, 3.8) is 0 Å². The Morgan fingerprint density at radius 3 is 2.25 bits per heavy atom. The van der Waals surface area contributed by atoms with Gasteiger partial charge in [-0.1, -0.05) is 41.9 Å². The lowest BCUT2D eigenvalue weighted by atomic mass is 10.1. The van der Waals surface area contributed by atoms with Gasteiger partial charge < -0.3 is 10.6 Å². The van der Waals surface area contributed by atoms with Crippen molar-refractivity contribution in [1.82, 2.24) is 5.32 Å². The molecular weight excluding hydrogens is 272 g/mol. The minimum Gasteiger partial charge on any atom is -0.328 e. The van der Waals surface area contributed by atoms with Gasteiger partial charge in [-0.05, 0) is 42.7 Å². The van der Waals surface area contributed by atoms with Crippen LogP contribution in [0, 0.1) is 0 Å². The molecule has 3 rings (SSSR count). The second-order valence-electron chi connectivity index (χ2n) is 5.03. The number of anilines is 1. The number of hydrogen-bond donors (Lipinski definition) is 2. The van der Waals surface area contributed by atoms with E-state index in [1.165, 1.54) is 0 Å². The number of para-hydroxylation sites is 1. The van der Waals surface area contributed by atoms with Gasteiger partial charge in [0.15, 0.2) is 0 Å². The third kappa shape index (κ3) is 2.78. The molecule has 1 aliphatic carbocycles. The first-order valence-electron chi connectivity index (χ1n) is 6.58. The van der Waals surface area contributed by atoms with E-state index in [2.05, 4.69) is 10.6 Å². The Labute approximate surface area is 123 Å². The van der Waals surface area contributed by atoms with Crippen LogP contribution in [0.15, 0.2) is 54.6 Å². The molecule has 0 saturated heterocycles. The Bertz CT molecular complexity index is 606. The molecule has 1 fully saturated rings. The van der Waals surface area contributed by atoms with E-state index in [9.17, 15) is 4.79 Å². The van der Waals surface area contributed by atoms with Crippen LogP contribution in [0.5, 0.6) is 0 Å². The number of benzene rings is 2. The molecular formula is C16H15ClN2O. The lowest BCUT2D eigenvalue weighted by molar-refractivity contribution is 0.247. The lowest BCUT2D eigenvalue weighted by Gasteiger charge is -2.18. The van der Waals surface area contributed by atoms with Gasteiger partial charge in [0, 0.05) is 10.7 Å². The number of carbonyl (C=O) groups excluding carboxylic acids is 1. The van der Waals surface area contributed by atoms with Crippen LogP contribution in [0.25, 0.3) is 0 Å². The third-order valence-electron chi connectivity index (χ3n) is 3.53. The molecule has 0 radical (unpaired) electrons. The normalized spacial score (nSPS) is 15.4. The Hall–Kier alpha value is -2.00. The van der Waals surface area contributed by atoms with Crippen molar-refractivity contribution < 1.29 is 4.79 Å². The van der Waals surface area contributed by atoms with E-state index >= 15 is 0 Å². The molecule has 0 atom stereocenters. The van der Waals surface area contributed by atoms with Gasteiger partial charge in [0.05, 0.1) is 5.54 Å². The summed E-state index contributed by atoms with van der Waals surface area (Å²) < 4.78 is 0. The SMILES string of the molecule is O=C(Nc1ccccc1)NC1(c2ccc(Cl)cc2)CC1. The highest BCUT2D eigenvalue weighted by Crippen LogP contribution is 2.45. The number of halogens is 1. The molecule has 0 bridgehead atoms. The molecule has 3 nitrogen and oxygen atoms in total. The van der Waals surface area contributed by atoms with Crippen LogP contribution in [-0.4, -0.2) is 6.03 Å². The minimum absolute atomic E-state index is 0.177. The minimum atomic E-state index is -0.233. The predicted molar refractivity (Wildman–Crippen MR) is 81.0 cm³/mol. The maximum Gasteiger partial charge on any atom is 0.319 e. The van der Waals surface area contributed by atoms with E-state index in [1.54, 1.807) is 0 Å². The van der Waals surface area contributed by atoms with Crippen molar-refractivity contribution in [2.45, 2.75) is 18.4 Å². The average molecular weight is 287 g/mol. The highest BCUT2D eigenvalue weighted by molar-refractivity contribution is 6.30. The summed E-state index contributed by atoms with van der Waals surface area (Å²) in [7, 11) is 0. The summed E-state index contributed by atoms with van der Waals surface area (Å²) in [6, 6.07) is 16.9. The van der Waals surface area contributed by atoms with E-state index in [-0.39, 0.29) is 11.6 Å². The van der Waals surface area contributed by atoms with Gasteiger partial charge in [-0.25, -0.2) is 4.79 Å². The van der Waals surface area contributed by atoms with Gasteiger partial charge in [-0.3, -0.25) is 0 Å². The van der Waals surface area contributed by atoms with E-state index in [0.717, 1.165) is 24.1 Å². The van der Waals surface area contributed by atoms with E-state index in [0.29, 0.717) is 5.02 Å². The van der Waals surface area contributed by atoms with Gasteiger partial charge in [0.25, 0.3) is 0 Å². The van der Waals surface area contributed by atoms with Crippen LogP contribution in [0.4, 0.5) is 10.5 Å². The fourth-order valence-electron chi connectivity index (χ4n) is 2.28. The third-order valence-corrected chi connectivity index (χ3v) is 3.78. The average Bonchev–Trinajstić information content (AvgIpc) is 3.21. The molecule has 1 aliphatic rings. The summed E-state index contributed by atoms with van der Waals surface area (Å²) in [6.07, 6.45) is 1.91. The number of amides is 2. The predicted octanol–water partition coefficient (Wildman–Crippen LogP) is 4.15. The summed E-state index contributed by atoms with van der Waals surface area (Å²) in [6.45, 7) is 0. The second-order valence-corrected chi connectivity index (χ2v) is 5.47.